The second kappa shape index (κ2) is 14.9. The van der Waals surface area contributed by atoms with Crippen molar-refractivity contribution in [1.82, 2.24) is 19.8 Å². The van der Waals surface area contributed by atoms with Crippen molar-refractivity contribution in [2.24, 2.45) is 0 Å². The van der Waals surface area contributed by atoms with Crippen LogP contribution >= 0.6 is 12.2 Å². The number of amides is 1. The van der Waals surface area contributed by atoms with Crippen LogP contribution in [0.5, 0.6) is 0 Å². The molecule has 0 bridgehead atoms. The molecule has 0 fully saturated rings. The quantitative estimate of drug-likeness (QED) is 0.175. The predicted octanol–water partition coefficient (Wildman–Crippen LogP) is 6.89. The average molecular weight is 633 g/mol. The van der Waals surface area contributed by atoms with Gasteiger partial charge in [-0.2, -0.15) is 18.4 Å². The van der Waals surface area contributed by atoms with Crippen LogP contribution in [-0.2, 0) is 30.5 Å². The van der Waals surface area contributed by atoms with Gasteiger partial charge in [0.1, 0.15) is 0 Å². The van der Waals surface area contributed by atoms with Gasteiger partial charge >= 0.3 is 6.18 Å². The van der Waals surface area contributed by atoms with E-state index in [0.29, 0.717) is 29.4 Å². The molecule has 1 heterocycles. The number of nitrogens with zero attached hydrogens (tertiary/aromatic N) is 4. The summed E-state index contributed by atoms with van der Waals surface area (Å²) in [4.78, 5) is 18.9. The molecule has 1 aromatic heterocycles. The van der Waals surface area contributed by atoms with E-state index >= 15 is 0 Å². The summed E-state index contributed by atoms with van der Waals surface area (Å²) in [5.74, 6) is 0.0864. The standard InChI is InChI=1S/C34H35F3N6OS/c1-23(2)27-12-14-29(15-13-27)41-33(45)42(21-28-6-4-5-7-31(28)34(35,36)37)19-24(3)40-32(44)16-30-18-39-22-43(30)20-26-10-8-25(17-38)9-11-26/h4-15,18,22-24H,16,19-21H2,1-3H3,(H,40,44)(H,41,45). The first kappa shape index (κ1) is 33.2. The van der Waals surface area contributed by atoms with Crippen LogP contribution in [0.4, 0.5) is 18.9 Å². The number of hydrogen-bond donors (Lipinski definition) is 2. The number of aromatic nitrogens is 2. The Labute approximate surface area is 266 Å². The zero-order chi connectivity index (χ0) is 32.6. The molecule has 0 aliphatic carbocycles. The van der Waals surface area contributed by atoms with Crippen LogP contribution in [0, 0.1) is 11.3 Å². The molecular formula is C34H35F3N6OS. The Morgan fingerprint density at radius 1 is 1.04 bits per heavy atom. The molecule has 0 aliphatic heterocycles. The molecule has 1 atom stereocenters. The van der Waals surface area contributed by atoms with Crippen molar-refractivity contribution in [2.75, 3.05) is 11.9 Å². The van der Waals surface area contributed by atoms with Gasteiger partial charge in [0.25, 0.3) is 0 Å². The largest absolute Gasteiger partial charge is 0.416 e. The number of halogens is 3. The zero-order valence-electron chi connectivity index (χ0n) is 25.3. The molecule has 2 N–H and O–H groups in total. The van der Waals surface area contributed by atoms with Crippen LogP contribution < -0.4 is 10.6 Å². The smallest absolute Gasteiger partial charge is 0.352 e. The van der Waals surface area contributed by atoms with Crippen molar-refractivity contribution in [3.8, 4) is 6.07 Å². The lowest BCUT2D eigenvalue weighted by molar-refractivity contribution is -0.138. The van der Waals surface area contributed by atoms with E-state index in [-0.39, 0.29) is 36.1 Å². The Kier molecular flexibility index (Phi) is 11.0. The summed E-state index contributed by atoms with van der Waals surface area (Å²) in [6.07, 6.45) is -1.20. The highest BCUT2D eigenvalue weighted by Gasteiger charge is 2.33. The minimum atomic E-state index is -4.52. The minimum Gasteiger partial charge on any atom is -0.352 e. The van der Waals surface area contributed by atoms with Gasteiger partial charge in [-0.05, 0) is 72.1 Å². The number of hydrogen-bond acceptors (Lipinski definition) is 4. The maximum Gasteiger partial charge on any atom is 0.416 e. The van der Waals surface area contributed by atoms with E-state index in [1.165, 1.54) is 12.1 Å². The molecule has 11 heteroatoms. The summed E-state index contributed by atoms with van der Waals surface area (Å²) >= 11 is 5.69. The van der Waals surface area contributed by atoms with Gasteiger partial charge in [-0.25, -0.2) is 4.98 Å². The van der Waals surface area contributed by atoms with Crippen molar-refractivity contribution in [2.45, 2.75) is 58.4 Å². The number of carbonyl (C=O) groups excluding carboxylic acids is 1. The second-order valence-corrected chi connectivity index (χ2v) is 11.6. The molecule has 3 aromatic carbocycles. The van der Waals surface area contributed by atoms with E-state index in [9.17, 15) is 18.0 Å². The van der Waals surface area contributed by atoms with E-state index in [2.05, 4.69) is 35.5 Å². The monoisotopic (exact) mass is 632 g/mol. The van der Waals surface area contributed by atoms with Crippen LogP contribution in [0.2, 0.25) is 0 Å². The number of imidazole rings is 1. The first-order chi connectivity index (χ1) is 21.4. The van der Waals surface area contributed by atoms with Crippen LogP contribution in [0.3, 0.4) is 0 Å². The Morgan fingerprint density at radius 2 is 1.73 bits per heavy atom. The SMILES string of the molecule is CC(CN(Cc1ccccc1C(F)(F)F)C(=S)Nc1ccc(C(C)C)cc1)NC(=O)Cc1cncn1Cc1ccc(C#N)cc1. The highest BCUT2D eigenvalue weighted by molar-refractivity contribution is 7.80. The first-order valence-electron chi connectivity index (χ1n) is 14.5. The number of alkyl halides is 3. The number of anilines is 1. The highest BCUT2D eigenvalue weighted by Crippen LogP contribution is 2.32. The molecule has 1 unspecified atom stereocenters. The Bertz CT molecular complexity index is 1640. The number of benzene rings is 3. The van der Waals surface area contributed by atoms with Gasteiger partial charge in [-0.15, -0.1) is 0 Å². The Balaban J connectivity index is 1.45. The summed E-state index contributed by atoms with van der Waals surface area (Å²) in [6.45, 7) is 6.50. The van der Waals surface area contributed by atoms with Gasteiger partial charge < -0.3 is 20.1 Å². The number of thiocarbonyl (C=S) groups is 1. The molecule has 45 heavy (non-hydrogen) atoms. The number of nitriles is 1. The van der Waals surface area contributed by atoms with Gasteiger partial charge in [0.15, 0.2) is 5.11 Å². The van der Waals surface area contributed by atoms with Crippen molar-refractivity contribution in [3.05, 3.63) is 119 Å². The van der Waals surface area contributed by atoms with Gasteiger partial charge in [-0.3, -0.25) is 4.79 Å². The van der Waals surface area contributed by atoms with Gasteiger partial charge in [0.2, 0.25) is 5.91 Å². The molecule has 0 spiro atoms. The Hall–Kier alpha value is -4.69. The zero-order valence-corrected chi connectivity index (χ0v) is 26.1. The summed E-state index contributed by atoms with van der Waals surface area (Å²) in [7, 11) is 0. The van der Waals surface area contributed by atoms with Crippen molar-refractivity contribution in [3.63, 3.8) is 0 Å². The van der Waals surface area contributed by atoms with Crippen LogP contribution in [0.1, 0.15) is 60.2 Å². The number of rotatable bonds is 11. The van der Waals surface area contributed by atoms with Crippen LogP contribution in [0.25, 0.3) is 0 Å². The van der Waals surface area contributed by atoms with Gasteiger partial charge in [0.05, 0.1) is 29.9 Å². The molecule has 0 aliphatic rings. The van der Waals surface area contributed by atoms with Crippen molar-refractivity contribution < 1.29 is 18.0 Å². The van der Waals surface area contributed by atoms with E-state index in [4.69, 9.17) is 17.5 Å². The minimum absolute atomic E-state index is 0.0580. The lowest BCUT2D eigenvalue weighted by atomic mass is 10.0. The summed E-state index contributed by atoms with van der Waals surface area (Å²) < 4.78 is 43.3. The highest BCUT2D eigenvalue weighted by atomic mass is 32.1. The number of nitrogens with one attached hydrogen (secondary N) is 2. The molecule has 7 nitrogen and oxygen atoms in total. The van der Waals surface area contributed by atoms with E-state index in [0.717, 1.165) is 17.2 Å². The molecule has 4 rings (SSSR count). The Morgan fingerprint density at radius 3 is 2.38 bits per heavy atom. The number of carbonyl (C=O) groups is 1. The molecule has 0 radical (unpaired) electrons. The molecule has 0 saturated heterocycles. The van der Waals surface area contributed by atoms with Gasteiger partial charge in [0, 0.05) is 43.3 Å². The normalized spacial score (nSPS) is 12.0. The summed E-state index contributed by atoms with van der Waals surface area (Å²) in [5.41, 5.74) is 3.43. The third-order valence-corrected chi connectivity index (χ3v) is 7.64. The predicted molar refractivity (Wildman–Crippen MR) is 172 cm³/mol. The van der Waals surface area contributed by atoms with Crippen LogP contribution in [0.15, 0.2) is 85.3 Å². The lowest BCUT2D eigenvalue weighted by Crippen LogP contribution is -2.46. The maximum absolute atomic E-state index is 13.8. The van der Waals surface area contributed by atoms with Crippen LogP contribution in [-0.4, -0.2) is 38.1 Å². The van der Waals surface area contributed by atoms with E-state index < -0.39 is 17.8 Å². The molecule has 234 valence electrons. The lowest BCUT2D eigenvalue weighted by Gasteiger charge is -2.30. The van der Waals surface area contributed by atoms with E-state index in [1.54, 1.807) is 42.5 Å². The molecular weight excluding hydrogens is 597 g/mol. The summed E-state index contributed by atoms with van der Waals surface area (Å²) in [5, 5.41) is 15.4. The fraction of sp³-hybridized carbons (Fsp3) is 0.294. The van der Waals surface area contributed by atoms with Crippen molar-refractivity contribution in [1.29, 1.82) is 5.26 Å². The molecule has 1 amide bonds. The fourth-order valence-corrected chi connectivity index (χ4v) is 5.16. The molecule has 4 aromatic rings. The second-order valence-electron chi connectivity index (χ2n) is 11.2. The first-order valence-corrected chi connectivity index (χ1v) is 14.9. The maximum atomic E-state index is 13.8. The van der Waals surface area contributed by atoms with Crippen molar-refractivity contribution >= 4 is 28.9 Å². The third kappa shape index (κ3) is 9.40. The third-order valence-electron chi connectivity index (χ3n) is 7.28. The topological polar surface area (TPSA) is 86.0 Å². The molecule has 0 saturated carbocycles. The average Bonchev–Trinajstić information content (AvgIpc) is 3.42. The fourth-order valence-electron chi connectivity index (χ4n) is 4.90. The van der Waals surface area contributed by atoms with E-state index in [1.807, 2.05) is 41.0 Å². The van der Waals surface area contributed by atoms with Gasteiger partial charge in [-0.1, -0.05) is 56.3 Å². The summed E-state index contributed by atoms with van der Waals surface area (Å²) in [6, 6.07) is 22.0.